The monoisotopic (exact) mass is 293 g/mol. The Kier molecular flexibility index (Phi) is 3.04. The van der Waals surface area contributed by atoms with Gasteiger partial charge in [-0.25, -0.2) is 9.97 Å². The normalized spacial score (nSPS) is 11.8. The second-order valence-electron chi connectivity index (χ2n) is 4.35. The maximum absolute atomic E-state index is 13.1. The number of benzene rings is 1. The van der Waals surface area contributed by atoms with Crippen molar-refractivity contribution in [3.63, 3.8) is 0 Å². The van der Waals surface area contributed by atoms with Gasteiger partial charge in [-0.2, -0.15) is 13.2 Å². The minimum absolute atomic E-state index is 0.00630. The second kappa shape index (κ2) is 4.76. The minimum Gasteiger partial charge on any atom is -0.494 e. The van der Waals surface area contributed by atoms with Crippen LogP contribution in [0.5, 0.6) is 5.75 Å². The van der Waals surface area contributed by atoms with Gasteiger partial charge in [0.15, 0.2) is 5.65 Å². The Morgan fingerprint density at radius 1 is 1.19 bits per heavy atom. The van der Waals surface area contributed by atoms with Gasteiger partial charge in [0, 0.05) is 11.6 Å². The van der Waals surface area contributed by atoms with Gasteiger partial charge >= 0.3 is 6.18 Å². The summed E-state index contributed by atoms with van der Waals surface area (Å²) in [4.78, 5) is 11.0. The van der Waals surface area contributed by atoms with E-state index in [4.69, 9.17) is 4.74 Å². The lowest BCUT2D eigenvalue weighted by molar-refractivity contribution is -0.137. The molecule has 3 rings (SSSR count). The first-order chi connectivity index (χ1) is 10.0. The van der Waals surface area contributed by atoms with Gasteiger partial charge in [-0.3, -0.25) is 0 Å². The van der Waals surface area contributed by atoms with Crippen LogP contribution in [0, 0.1) is 0 Å². The molecule has 2 aromatic heterocycles. The molecule has 1 aromatic carbocycles. The Labute approximate surface area is 117 Å². The molecule has 0 spiro atoms. The predicted octanol–water partition coefficient (Wildman–Crippen LogP) is 3.65. The van der Waals surface area contributed by atoms with Crippen molar-refractivity contribution in [2.75, 3.05) is 7.11 Å². The molecule has 0 amide bonds. The zero-order chi connectivity index (χ0) is 15.0. The first-order valence-electron chi connectivity index (χ1n) is 6.05. The van der Waals surface area contributed by atoms with Gasteiger partial charge in [0.2, 0.25) is 0 Å². The van der Waals surface area contributed by atoms with Crippen molar-refractivity contribution >= 4 is 11.2 Å². The van der Waals surface area contributed by atoms with Crippen LogP contribution in [0.15, 0.2) is 36.7 Å². The number of aromatic nitrogens is 3. The van der Waals surface area contributed by atoms with Crippen LogP contribution in [0.1, 0.15) is 5.56 Å². The topological polar surface area (TPSA) is 50.8 Å². The molecule has 0 aliphatic heterocycles. The van der Waals surface area contributed by atoms with E-state index in [1.54, 1.807) is 0 Å². The fourth-order valence-electron chi connectivity index (χ4n) is 2.15. The highest BCUT2D eigenvalue weighted by atomic mass is 19.4. The Bertz CT molecular complexity index is 796. The van der Waals surface area contributed by atoms with Crippen LogP contribution in [-0.4, -0.2) is 22.1 Å². The summed E-state index contributed by atoms with van der Waals surface area (Å²) in [6.45, 7) is 0. The number of pyridine rings is 1. The predicted molar refractivity (Wildman–Crippen MR) is 70.9 cm³/mol. The maximum Gasteiger partial charge on any atom is 0.417 e. The molecule has 4 nitrogen and oxygen atoms in total. The molecule has 108 valence electrons. The molecule has 0 radical (unpaired) electrons. The molecule has 0 saturated heterocycles. The standard InChI is InChI=1S/C14H10F3N3O/c1-21-11-6-10(20-13-12(11)18-7-19-13)8-4-2-3-5-9(8)14(15,16)17/h2-7H,1H3,(H,18,19,20). The number of nitrogens with one attached hydrogen (secondary N) is 1. The lowest BCUT2D eigenvalue weighted by atomic mass is 10.0. The number of ether oxygens (including phenoxy) is 1. The quantitative estimate of drug-likeness (QED) is 0.784. The molecular formula is C14H10F3N3O. The van der Waals surface area contributed by atoms with Gasteiger partial charge in [0.25, 0.3) is 0 Å². The SMILES string of the molecule is COc1cc(-c2ccccc2C(F)(F)F)nc2nc[nH]c12. The number of alkyl halides is 3. The van der Waals surface area contributed by atoms with E-state index < -0.39 is 11.7 Å². The second-order valence-corrected chi connectivity index (χ2v) is 4.35. The molecule has 7 heteroatoms. The average molecular weight is 293 g/mol. The van der Waals surface area contributed by atoms with Crippen molar-refractivity contribution < 1.29 is 17.9 Å². The van der Waals surface area contributed by atoms with Crippen LogP contribution in [0.2, 0.25) is 0 Å². The van der Waals surface area contributed by atoms with Crippen molar-refractivity contribution in [2.45, 2.75) is 6.18 Å². The molecular weight excluding hydrogens is 283 g/mol. The molecule has 1 N–H and O–H groups in total. The summed E-state index contributed by atoms with van der Waals surface area (Å²) in [5.74, 6) is 0.393. The van der Waals surface area contributed by atoms with Crippen molar-refractivity contribution in [1.82, 2.24) is 15.0 Å². The average Bonchev–Trinajstić information content (AvgIpc) is 2.93. The number of hydrogen-bond acceptors (Lipinski definition) is 3. The van der Waals surface area contributed by atoms with Crippen LogP contribution < -0.4 is 4.74 Å². The fraction of sp³-hybridized carbons (Fsp3) is 0.143. The fourth-order valence-corrected chi connectivity index (χ4v) is 2.15. The number of imidazole rings is 1. The number of rotatable bonds is 2. The van der Waals surface area contributed by atoms with E-state index >= 15 is 0 Å². The van der Waals surface area contributed by atoms with Gasteiger partial charge < -0.3 is 9.72 Å². The summed E-state index contributed by atoms with van der Waals surface area (Å²) in [6, 6.07) is 6.75. The van der Waals surface area contributed by atoms with E-state index in [-0.39, 0.29) is 11.3 Å². The highest BCUT2D eigenvalue weighted by Crippen LogP contribution is 2.37. The summed E-state index contributed by atoms with van der Waals surface area (Å²) in [7, 11) is 1.44. The third kappa shape index (κ3) is 2.31. The lowest BCUT2D eigenvalue weighted by Gasteiger charge is -2.13. The minimum atomic E-state index is -4.45. The van der Waals surface area contributed by atoms with Crippen LogP contribution in [-0.2, 0) is 6.18 Å². The zero-order valence-electron chi connectivity index (χ0n) is 10.9. The Hall–Kier alpha value is -2.57. The summed E-state index contributed by atoms with van der Waals surface area (Å²) in [6.07, 6.45) is -3.04. The number of aromatic amines is 1. The molecule has 0 bridgehead atoms. The number of H-pyrrole nitrogens is 1. The first-order valence-corrected chi connectivity index (χ1v) is 6.05. The van der Waals surface area contributed by atoms with Crippen LogP contribution in [0.3, 0.4) is 0 Å². The van der Waals surface area contributed by atoms with Crippen molar-refractivity contribution in [3.05, 3.63) is 42.2 Å². The summed E-state index contributed by atoms with van der Waals surface area (Å²) < 4.78 is 44.4. The van der Waals surface area contributed by atoms with E-state index in [0.717, 1.165) is 6.07 Å². The van der Waals surface area contributed by atoms with Gasteiger partial charge in [0.05, 0.1) is 24.7 Å². The molecule has 2 heterocycles. The zero-order valence-corrected chi connectivity index (χ0v) is 10.9. The number of methoxy groups -OCH3 is 1. The molecule has 0 saturated carbocycles. The van der Waals surface area contributed by atoms with E-state index in [1.165, 1.54) is 37.7 Å². The highest BCUT2D eigenvalue weighted by molar-refractivity contribution is 5.82. The van der Waals surface area contributed by atoms with Crippen molar-refractivity contribution in [1.29, 1.82) is 0 Å². The molecule has 21 heavy (non-hydrogen) atoms. The third-order valence-electron chi connectivity index (χ3n) is 3.09. The van der Waals surface area contributed by atoms with Crippen LogP contribution in [0.25, 0.3) is 22.4 Å². The van der Waals surface area contributed by atoms with Crippen molar-refractivity contribution in [2.24, 2.45) is 0 Å². The number of halogens is 3. The van der Waals surface area contributed by atoms with E-state index in [1.807, 2.05) is 0 Å². The molecule has 0 aliphatic rings. The van der Waals surface area contributed by atoms with E-state index in [2.05, 4.69) is 15.0 Å². The van der Waals surface area contributed by atoms with Gasteiger partial charge in [0.1, 0.15) is 11.3 Å². The number of hydrogen-bond donors (Lipinski definition) is 1. The Morgan fingerprint density at radius 2 is 1.95 bits per heavy atom. The molecule has 0 fully saturated rings. The molecule has 0 unspecified atom stereocenters. The van der Waals surface area contributed by atoms with Gasteiger partial charge in [-0.15, -0.1) is 0 Å². The Morgan fingerprint density at radius 3 is 2.67 bits per heavy atom. The summed E-state index contributed by atoms with van der Waals surface area (Å²) in [5, 5.41) is 0. The highest BCUT2D eigenvalue weighted by Gasteiger charge is 2.33. The first kappa shape index (κ1) is 13.4. The maximum atomic E-state index is 13.1. The Balaban J connectivity index is 2.26. The molecule has 0 aliphatic carbocycles. The smallest absolute Gasteiger partial charge is 0.417 e. The summed E-state index contributed by atoms with van der Waals surface area (Å²) in [5.41, 5.74) is 0.272. The molecule has 3 aromatic rings. The van der Waals surface area contributed by atoms with Gasteiger partial charge in [-0.05, 0) is 6.07 Å². The lowest BCUT2D eigenvalue weighted by Crippen LogP contribution is -2.07. The summed E-state index contributed by atoms with van der Waals surface area (Å²) >= 11 is 0. The number of fused-ring (bicyclic) bond motifs is 1. The largest absolute Gasteiger partial charge is 0.494 e. The molecule has 0 atom stereocenters. The van der Waals surface area contributed by atoms with Crippen molar-refractivity contribution in [3.8, 4) is 17.0 Å². The number of nitrogens with zero attached hydrogens (tertiary/aromatic N) is 2. The van der Waals surface area contributed by atoms with Crippen LogP contribution >= 0.6 is 0 Å². The third-order valence-corrected chi connectivity index (χ3v) is 3.09. The van der Waals surface area contributed by atoms with E-state index in [9.17, 15) is 13.2 Å². The van der Waals surface area contributed by atoms with Crippen LogP contribution in [0.4, 0.5) is 13.2 Å². The van der Waals surface area contributed by atoms with Gasteiger partial charge in [-0.1, -0.05) is 18.2 Å². The van der Waals surface area contributed by atoms with E-state index in [0.29, 0.717) is 16.9 Å².